The number of nitrogens with one attached hydrogen (secondary N) is 2. The van der Waals surface area contributed by atoms with Crippen LogP contribution < -0.4 is 15.1 Å². The van der Waals surface area contributed by atoms with Crippen molar-refractivity contribution < 1.29 is 23.5 Å². The van der Waals surface area contributed by atoms with E-state index < -0.39 is 29.2 Å². The Morgan fingerprint density at radius 3 is 2.50 bits per heavy atom. The highest BCUT2D eigenvalue weighted by Crippen LogP contribution is 2.38. The van der Waals surface area contributed by atoms with Crippen molar-refractivity contribution in [3.63, 3.8) is 0 Å². The van der Waals surface area contributed by atoms with Crippen LogP contribution >= 0.6 is 0 Å². The molecular weight excluding hydrogens is 493 g/mol. The van der Waals surface area contributed by atoms with Crippen molar-refractivity contribution in [2.24, 2.45) is 0 Å². The van der Waals surface area contributed by atoms with Crippen LogP contribution in [-0.4, -0.2) is 64.5 Å². The molecule has 1 atom stereocenters. The molecule has 1 fully saturated rings. The number of anilines is 2. The van der Waals surface area contributed by atoms with E-state index in [4.69, 9.17) is 9.47 Å². The average molecular weight is 526 g/mol. The fourth-order valence-corrected chi connectivity index (χ4v) is 4.34. The zero-order chi connectivity index (χ0) is 28.0. The summed E-state index contributed by atoms with van der Waals surface area (Å²) < 4.78 is 25.7. The zero-order valence-electron chi connectivity index (χ0n) is 22.6. The molecule has 0 bridgehead atoms. The number of alkyl carbamates (subject to hydrolysis) is 1. The number of carbonyl (C=O) groups is 2. The Morgan fingerprint density at radius 1 is 1.18 bits per heavy atom. The number of hydrogen-bond acceptors (Lipinski definition) is 8. The molecule has 12 heteroatoms. The molecule has 3 aromatic rings. The number of hydrogen-bond donors (Lipinski definition) is 2. The maximum Gasteiger partial charge on any atom is 0.414 e. The highest BCUT2D eigenvalue weighted by molar-refractivity contribution is 6.16. The number of ether oxygens (including phenoxy) is 2. The van der Waals surface area contributed by atoms with Crippen molar-refractivity contribution in [1.29, 1.82) is 5.26 Å². The number of rotatable bonds is 3. The molecule has 4 rings (SSSR count). The number of amides is 2. The first-order valence-corrected chi connectivity index (χ1v) is 12.3. The second-order valence-corrected chi connectivity index (χ2v) is 11.3. The van der Waals surface area contributed by atoms with Gasteiger partial charge in [-0.15, -0.1) is 0 Å². The minimum Gasteiger partial charge on any atom is -0.444 e. The van der Waals surface area contributed by atoms with Crippen LogP contribution in [0.3, 0.4) is 0 Å². The third-order valence-electron chi connectivity index (χ3n) is 5.82. The van der Waals surface area contributed by atoms with E-state index >= 15 is 0 Å². The summed E-state index contributed by atoms with van der Waals surface area (Å²) in [5.74, 6) is -0.196. The van der Waals surface area contributed by atoms with Gasteiger partial charge in [-0.25, -0.2) is 23.9 Å². The fraction of sp³-hybridized carbons (Fsp3) is 0.500. The van der Waals surface area contributed by atoms with Gasteiger partial charge in [-0.3, -0.25) is 4.90 Å². The van der Waals surface area contributed by atoms with E-state index in [-0.39, 0.29) is 17.6 Å². The minimum atomic E-state index is -0.738. The van der Waals surface area contributed by atoms with E-state index in [0.717, 1.165) is 0 Å². The van der Waals surface area contributed by atoms with Crippen LogP contribution in [0.15, 0.2) is 12.1 Å². The molecule has 1 aliphatic heterocycles. The summed E-state index contributed by atoms with van der Waals surface area (Å²) in [5.41, 5.74) is -0.334. The molecule has 0 radical (unpaired) electrons. The van der Waals surface area contributed by atoms with Crippen molar-refractivity contribution in [2.75, 3.05) is 29.9 Å². The molecule has 1 aliphatic rings. The van der Waals surface area contributed by atoms with Gasteiger partial charge in [0.25, 0.3) is 0 Å². The molecule has 202 valence electrons. The molecule has 2 amide bonds. The topological polar surface area (TPSA) is 136 Å². The van der Waals surface area contributed by atoms with Crippen LogP contribution in [0.5, 0.6) is 0 Å². The lowest BCUT2D eigenvalue weighted by Gasteiger charge is -2.25. The number of H-pyrrole nitrogens is 1. The third kappa shape index (κ3) is 5.72. The summed E-state index contributed by atoms with van der Waals surface area (Å²) in [6.07, 6.45) is -0.544. The van der Waals surface area contributed by atoms with Crippen molar-refractivity contribution >= 4 is 45.6 Å². The Bertz CT molecular complexity index is 1450. The average Bonchev–Trinajstić information content (AvgIpc) is 3.39. The molecule has 0 saturated carbocycles. The maximum atomic E-state index is 14.9. The predicted molar refractivity (Wildman–Crippen MR) is 141 cm³/mol. The van der Waals surface area contributed by atoms with Crippen molar-refractivity contribution in [3.8, 4) is 6.07 Å². The van der Waals surface area contributed by atoms with Gasteiger partial charge >= 0.3 is 12.2 Å². The lowest BCUT2D eigenvalue weighted by molar-refractivity contribution is 0.0507. The maximum absolute atomic E-state index is 14.9. The van der Waals surface area contributed by atoms with E-state index in [9.17, 15) is 19.2 Å². The summed E-state index contributed by atoms with van der Waals surface area (Å²) in [7, 11) is 1.49. The lowest BCUT2D eigenvalue weighted by Crippen LogP contribution is -2.40. The number of carbonyl (C=O) groups excluding carboxylic acids is 2. The van der Waals surface area contributed by atoms with Crippen LogP contribution in [0.4, 0.5) is 25.5 Å². The molecular formula is C26H32FN7O4. The molecule has 0 spiro atoms. The molecule has 11 nitrogen and oxygen atoms in total. The van der Waals surface area contributed by atoms with Gasteiger partial charge in [0.05, 0.1) is 22.6 Å². The van der Waals surface area contributed by atoms with Gasteiger partial charge in [-0.2, -0.15) is 5.26 Å². The van der Waals surface area contributed by atoms with Crippen LogP contribution in [0.1, 0.15) is 53.8 Å². The Hall–Kier alpha value is -4.14. The van der Waals surface area contributed by atoms with E-state index in [1.54, 1.807) is 41.5 Å². The van der Waals surface area contributed by atoms with Crippen LogP contribution in [0, 0.1) is 17.1 Å². The standard InChI is InChI=1S/C26H32FN7O4/c1-25(2,3)37-23(35)29-15-8-9-34(13-15)22-19-16-10-14(27)11-17(33(7)24(36)38-26(4,5)6)20(16)32-21(19)30-18(12-28)31-22/h10-11,15H,8-9,13H2,1-7H3,(H,29,35)(H,30,31,32). The third-order valence-corrected chi connectivity index (χ3v) is 5.82. The van der Waals surface area contributed by atoms with Crippen molar-refractivity contribution in [3.05, 3.63) is 23.8 Å². The SMILES string of the molecule is CN(C(=O)OC(C)(C)C)c1cc(F)cc2c1[nH]c1nc(C#N)nc(N3CCC(NC(=O)OC(C)(C)C)C3)c12. The van der Waals surface area contributed by atoms with Crippen molar-refractivity contribution in [2.45, 2.75) is 65.2 Å². The summed E-state index contributed by atoms with van der Waals surface area (Å²) in [6.45, 7) is 11.5. The second-order valence-electron chi connectivity index (χ2n) is 11.3. The normalized spacial score (nSPS) is 16.0. The van der Waals surface area contributed by atoms with Gasteiger partial charge < -0.3 is 24.7 Å². The number of aromatic nitrogens is 3. The van der Waals surface area contributed by atoms with E-state index in [1.165, 1.54) is 24.1 Å². The Kier molecular flexibility index (Phi) is 6.82. The molecule has 1 unspecified atom stereocenters. The highest BCUT2D eigenvalue weighted by Gasteiger charge is 2.30. The minimum absolute atomic E-state index is 0.0647. The fourth-order valence-electron chi connectivity index (χ4n) is 4.34. The van der Waals surface area contributed by atoms with Crippen LogP contribution in [0.2, 0.25) is 0 Å². The quantitative estimate of drug-likeness (QED) is 0.506. The smallest absolute Gasteiger partial charge is 0.414 e. The number of nitriles is 1. The first-order valence-electron chi connectivity index (χ1n) is 12.3. The monoisotopic (exact) mass is 525 g/mol. The molecule has 2 aromatic heterocycles. The largest absolute Gasteiger partial charge is 0.444 e. The van der Waals surface area contributed by atoms with Crippen molar-refractivity contribution in [1.82, 2.24) is 20.3 Å². The predicted octanol–water partition coefficient (Wildman–Crippen LogP) is 4.60. The van der Waals surface area contributed by atoms with Crippen LogP contribution in [0.25, 0.3) is 21.9 Å². The number of nitrogens with zero attached hydrogens (tertiary/aromatic N) is 5. The molecule has 0 aliphatic carbocycles. The first-order chi connectivity index (χ1) is 17.6. The zero-order valence-corrected chi connectivity index (χ0v) is 22.6. The first kappa shape index (κ1) is 26.9. The summed E-state index contributed by atoms with van der Waals surface area (Å²) in [6, 6.07) is 4.33. The molecule has 1 aromatic carbocycles. The number of halogens is 1. The van der Waals surface area contributed by atoms with Gasteiger partial charge in [-0.1, -0.05) is 0 Å². The van der Waals surface area contributed by atoms with Gasteiger partial charge in [0.15, 0.2) is 0 Å². The van der Waals surface area contributed by atoms with Crippen LogP contribution in [-0.2, 0) is 9.47 Å². The highest BCUT2D eigenvalue weighted by atomic mass is 19.1. The van der Waals surface area contributed by atoms with Gasteiger partial charge in [0.2, 0.25) is 5.82 Å². The molecule has 3 heterocycles. The number of aromatic amines is 1. The number of fused-ring (bicyclic) bond motifs is 3. The molecule has 1 saturated heterocycles. The lowest BCUT2D eigenvalue weighted by atomic mass is 10.1. The van der Waals surface area contributed by atoms with E-state index in [1.807, 2.05) is 11.0 Å². The molecule has 38 heavy (non-hydrogen) atoms. The van der Waals surface area contributed by atoms with Gasteiger partial charge in [0.1, 0.15) is 34.6 Å². The van der Waals surface area contributed by atoms with E-state index in [2.05, 4.69) is 20.3 Å². The Morgan fingerprint density at radius 2 is 1.87 bits per heavy atom. The Labute approximate surface area is 219 Å². The summed E-state index contributed by atoms with van der Waals surface area (Å²) in [4.78, 5) is 40.1. The second kappa shape index (κ2) is 9.63. The van der Waals surface area contributed by atoms with Gasteiger partial charge in [0, 0.05) is 25.5 Å². The number of benzene rings is 1. The van der Waals surface area contributed by atoms with E-state index in [0.29, 0.717) is 47.3 Å². The molecule has 2 N–H and O–H groups in total. The Balaban J connectivity index is 1.75. The summed E-state index contributed by atoms with van der Waals surface area (Å²) in [5, 5.41) is 13.4. The van der Waals surface area contributed by atoms with Gasteiger partial charge in [-0.05, 0) is 60.1 Å². The summed E-state index contributed by atoms with van der Waals surface area (Å²) >= 11 is 0.